The molecule has 5 heteroatoms. The Morgan fingerprint density at radius 3 is 2.75 bits per heavy atom. The maximum absolute atomic E-state index is 4.40. The number of aryl methyl sites for hydroxylation is 3. The molecular formula is C11H16N4S. The highest BCUT2D eigenvalue weighted by atomic mass is 32.1. The molecule has 0 radical (unpaired) electrons. The Balaban J connectivity index is 1.86. The Labute approximate surface area is 99.3 Å². The SMILES string of the molecule is Cc1nc(C)c(CNCc2ccn(C)n2)s1. The summed E-state index contributed by atoms with van der Waals surface area (Å²) < 4.78 is 1.82. The summed E-state index contributed by atoms with van der Waals surface area (Å²) in [5.41, 5.74) is 2.21. The molecule has 0 aliphatic carbocycles. The Bertz CT molecular complexity index is 472. The maximum atomic E-state index is 4.40. The van der Waals surface area contributed by atoms with Crippen molar-refractivity contribution in [3.63, 3.8) is 0 Å². The predicted molar refractivity (Wildman–Crippen MR) is 65.3 cm³/mol. The molecule has 0 spiro atoms. The van der Waals surface area contributed by atoms with E-state index in [-0.39, 0.29) is 0 Å². The number of hydrogen-bond donors (Lipinski definition) is 1. The van der Waals surface area contributed by atoms with Crippen LogP contribution in [0.1, 0.15) is 21.3 Å². The topological polar surface area (TPSA) is 42.7 Å². The summed E-state index contributed by atoms with van der Waals surface area (Å²) in [6.45, 7) is 5.77. The second kappa shape index (κ2) is 4.76. The van der Waals surface area contributed by atoms with Crippen LogP contribution in [0.4, 0.5) is 0 Å². The molecule has 1 N–H and O–H groups in total. The number of nitrogens with one attached hydrogen (secondary N) is 1. The van der Waals surface area contributed by atoms with Crippen LogP contribution in [-0.4, -0.2) is 14.8 Å². The number of rotatable bonds is 4. The van der Waals surface area contributed by atoms with Gasteiger partial charge in [-0.2, -0.15) is 5.10 Å². The van der Waals surface area contributed by atoms with Gasteiger partial charge in [0, 0.05) is 31.2 Å². The lowest BCUT2D eigenvalue weighted by atomic mass is 10.3. The van der Waals surface area contributed by atoms with E-state index in [2.05, 4.69) is 22.3 Å². The Morgan fingerprint density at radius 1 is 1.38 bits per heavy atom. The van der Waals surface area contributed by atoms with Crippen LogP contribution >= 0.6 is 11.3 Å². The Hall–Kier alpha value is -1.20. The first-order chi connectivity index (χ1) is 7.65. The van der Waals surface area contributed by atoms with Crippen LogP contribution < -0.4 is 5.32 Å². The highest BCUT2D eigenvalue weighted by Crippen LogP contribution is 2.16. The molecule has 0 amide bonds. The van der Waals surface area contributed by atoms with Crippen molar-refractivity contribution in [2.24, 2.45) is 7.05 Å². The van der Waals surface area contributed by atoms with Gasteiger partial charge in [0.25, 0.3) is 0 Å². The second-order valence-corrected chi connectivity index (χ2v) is 5.11. The zero-order valence-electron chi connectivity index (χ0n) is 9.82. The minimum Gasteiger partial charge on any atom is -0.306 e. The number of thiazole rings is 1. The van der Waals surface area contributed by atoms with E-state index >= 15 is 0 Å². The van der Waals surface area contributed by atoms with Crippen molar-refractivity contribution in [3.8, 4) is 0 Å². The van der Waals surface area contributed by atoms with Gasteiger partial charge in [-0.15, -0.1) is 11.3 Å². The molecule has 0 aromatic carbocycles. The molecule has 2 aromatic heterocycles. The molecular weight excluding hydrogens is 220 g/mol. The summed E-state index contributed by atoms with van der Waals surface area (Å²) in [5.74, 6) is 0. The maximum Gasteiger partial charge on any atom is 0.0900 e. The van der Waals surface area contributed by atoms with Crippen LogP contribution in [-0.2, 0) is 20.1 Å². The van der Waals surface area contributed by atoms with Gasteiger partial charge in [-0.3, -0.25) is 4.68 Å². The van der Waals surface area contributed by atoms with Crippen molar-refractivity contribution in [2.45, 2.75) is 26.9 Å². The van der Waals surface area contributed by atoms with Gasteiger partial charge < -0.3 is 5.32 Å². The third-order valence-corrected chi connectivity index (χ3v) is 3.43. The van der Waals surface area contributed by atoms with Gasteiger partial charge in [0.05, 0.1) is 16.4 Å². The van der Waals surface area contributed by atoms with E-state index in [0.29, 0.717) is 0 Å². The van der Waals surface area contributed by atoms with Gasteiger partial charge in [-0.25, -0.2) is 4.98 Å². The van der Waals surface area contributed by atoms with Crippen molar-refractivity contribution >= 4 is 11.3 Å². The van der Waals surface area contributed by atoms with E-state index in [1.54, 1.807) is 11.3 Å². The fraction of sp³-hybridized carbons (Fsp3) is 0.455. The van der Waals surface area contributed by atoms with Crippen LogP contribution in [0.3, 0.4) is 0 Å². The van der Waals surface area contributed by atoms with E-state index in [4.69, 9.17) is 0 Å². The molecule has 0 saturated heterocycles. The van der Waals surface area contributed by atoms with Crippen molar-refractivity contribution in [2.75, 3.05) is 0 Å². The van der Waals surface area contributed by atoms with Gasteiger partial charge in [0.1, 0.15) is 0 Å². The monoisotopic (exact) mass is 236 g/mol. The molecule has 2 aromatic rings. The van der Waals surface area contributed by atoms with Crippen molar-refractivity contribution in [1.29, 1.82) is 0 Å². The van der Waals surface area contributed by atoms with Crippen LogP contribution in [0.5, 0.6) is 0 Å². The lowest BCUT2D eigenvalue weighted by Crippen LogP contribution is -2.13. The fourth-order valence-electron chi connectivity index (χ4n) is 1.60. The largest absolute Gasteiger partial charge is 0.306 e. The molecule has 16 heavy (non-hydrogen) atoms. The lowest BCUT2D eigenvalue weighted by molar-refractivity contribution is 0.659. The van der Waals surface area contributed by atoms with E-state index in [9.17, 15) is 0 Å². The van der Waals surface area contributed by atoms with Crippen LogP contribution in [0.25, 0.3) is 0 Å². The van der Waals surface area contributed by atoms with Gasteiger partial charge in [0.15, 0.2) is 0 Å². The molecule has 0 aliphatic heterocycles. The Kier molecular flexibility index (Phi) is 3.36. The quantitative estimate of drug-likeness (QED) is 0.880. The van der Waals surface area contributed by atoms with E-state index in [1.165, 1.54) is 4.88 Å². The van der Waals surface area contributed by atoms with Crippen LogP contribution in [0.15, 0.2) is 12.3 Å². The first-order valence-corrected chi connectivity index (χ1v) is 6.09. The third kappa shape index (κ3) is 2.68. The second-order valence-electron chi connectivity index (χ2n) is 3.83. The molecule has 0 unspecified atom stereocenters. The van der Waals surface area contributed by atoms with Gasteiger partial charge in [0.2, 0.25) is 0 Å². The third-order valence-electron chi connectivity index (χ3n) is 2.36. The summed E-state index contributed by atoms with van der Waals surface area (Å²) in [6, 6.07) is 2.03. The molecule has 2 rings (SSSR count). The van der Waals surface area contributed by atoms with Gasteiger partial charge in [-0.05, 0) is 19.9 Å². The first-order valence-electron chi connectivity index (χ1n) is 5.27. The van der Waals surface area contributed by atoms with Crippen molar-refractivity contribution in [3.05, 3.63) is 33.5 Å². The Morgan fingerprint density at radius 2 is 2.19 bits per heavy atom. The van der Waals surface area contributed by atoms with E-state index in [0.717, 1.165) is 29.5 Å². The first kappa shape index (κ1) is 11.3. The molecule has 0 aliphatic rings. The number of aromatic nitrogens is 3. The molecule has 86 valence electrons. The van der Waals surface area contributed by atoms with Gasteiger partial charge >= 0.3 is 0 Å². The molecule has 0 saturated carbocycles. The average molecular weight is 236 g/mol. The van der Waals surface area contributed by atoms with Crippen LogP contribution in [0, 0.1) is 13.8 Å². The van der Waals surface area contributed by atoms with Gasteiger partial charge in [-0.1, -0.05) is 0 Å². The zero-order chi connectivity index (χ0) is 11.5. The smallest absolute Gasteiger partial charge is 0.0900 e. The summed E-state index contributed by atoms with van der Waals surface area (Å²) in [5, 5.41) is 8.82. The average Bonchev–Trinajstić information content (AvgIpc) is 2.74. The predicted octanol–water partition coefficient (Wildman–Crippen LogP) is 1.78. The molecule has 0 fully saturated rings. The minimum absolute atomic E-state index is 0.803. The van der Waals surface area contributed by atoms with Crippen LogP contribution in [0.2, 0.25) is 0 Å². The molecule has 4 nitrogen and oxygen atoms in total. The summed E-state index contributed by atoms with van der Waals surface area (Å²) in [7, 11) is 1.93. The van der Waals surface area contributed by atoms with Crippen molar-refractivity contribution in [1.82, 2.24) is 20.1 Å². The summed E-state index contributed by atoms with van der Waals surface area (Å²) >= 11 is 1.76. The number of hydrogen-bond acceptors (Lipinski definition) is 4. The lowest BCUT2D eigenvalue weighted by Gasteiger charge is -2.00. The molecule has 2 heterocycles. The normalized spacial score (nSPS) is 10.9. The zero-order valence-corrected chi connectivity index (χ0v) is 10.6. The highest BCUT2D eigenvalue weighted by molar-refractivity contribution is 7.11. The number of nitrogens with zero attached hydrogens (tertiary/aromatic N) is 3. The fourth-order valence-corrected chi connectivity index (χ4v) is 2.51. The minimum atomic E-state index is 0.803. The van der Waals surface area contributed by atoms with Crippen molar-refractivity contribution < 1.29 is 0 Å². The summed E-state index contributed by atoms with van der Waals surface area (Å²) in [6.07, 6.45) is 1.96. The molecule has 0 atom stereocenters. The van der Waals surface area contributed by atoms with E-state index < -0.39 is 0 Å². The standard InChI is InChI=1S/C11H16N4S/c1-8-11(16-9(2)13-8)7-12-6-10-4-5-15(3)14-10/h4-5,12H,6-7H2,1-3H3. The molecule has 0 bridgehead atoms. The highest BCUT2D eigenvalue weighted by Gasteiger charge is 2.04. The van der Waals surface area contributed by atoms with E-state index in [1.807, 2.05) is 30.9 Å². The summed E-state index contributed by atoms with van der Waals surface area (Å²) in [4.78, 5) is 5.71.